The van der Waals surface area contributed by atoms with Crippen molar-refractivity contribution in [1.82, 2.24) is 20.4 Å². The Hall–Kier alpha value is -2.47. The number of nitrogens with zero attached hydrogens (tertiary/aromatic N) is 2. The first-order valence-corrected chi connectivity index (χ1v) is 7.83. The SMILES string of the molecule is Cc1cc(=O)c(C(=O)NCC2CCCN2)nn1-c1ccccc1. The predicted molar refractivity (Wildman–Crippen MR) is 87.9 cm³/mol. The molecule has 1 fully saturated rings. The van der Waals surface area contributed by atoms with Gasteiger partial charge in [0, 0.05) is 24.3 Å². The lowest BCUT2D eigenvalue weighted by molar-refractivity contribution is 0.0942. The molecule has 1 unspecified atom stereocenters. The third-order valence-corrected chi connectivity index (χ3v) is 3.99. The van der Waals surface area contributed by atoms with Gasteiger partial charge in [-0.15, -0.1) is 0 Å². The zero-order valence-electron chi connectivity index (χ0n) is 13.1. The molecule has 2 N–H and O–H groups in total. The van der Waals surface area contributed by atoms with E-state index in [1.54, 1.807) is 11.6 Å². The minimum atomic E-state index is -0.423. The summed E-state index contributed by atoms with van der Waals surface area (Å²) in [6.07, 6.45) is 2.15. The molecule has 1 aliphatic rings. The number of amides is 1. The van der Waals surface area contributed by atoms with Crippen molar-refractivity contribution in [2.24, 2.45) is 0 Å². The summed E-state index contributed by atoms with van der Waals surface area (Å²) in [5.41, 5.74) is 1.08. The van der Waals surface area contributed by atoms with Gasteiger partial charge < -0.3 is 10.6 Å². The first-order chi connectivity index (χ1) is 11.1. The Kier molecular flexibility index (Phi) is 4.52. The highest BCUT2D eigenvalue weighted by Crippen LogP contribution is 2.08. The number of para-hydroxylation sites is 1. The molecule has 3 rings (SSSR count). The number of aryl methyl sites for hydroxylation is 1. The van der Waals surface area contributed by atoms with Crippen LogP contribution in [0.5, 0.6) is 0 Å². The summed E-state index contributed by atoms with van der Waals surface area (Å²) in [6.45, 7) is 3.29. The van der Waals surface area contributed by atoms with Gasteiger partial charge in [0.05, 0.1) is 5.69 Å². The number of hydrogen-bond donors (Lipinski definition) is 2. The van der Waals surface area contributed by atoms with E-state index < -0.39 is 5.91 Å². The highest BCUT2D eigenvalue weighted by atomic mass is 16.2. The van der Waals surface area contributed by atoms with Crippen LogP contribution in [0.15, 0.2) is 41.2 Å². The molecule has 1 atom stereocenters. The molecule has 1 aromatic heterocycles. The van der Waals surface area contributed by atoms with Crippen LogP contribution in [-0.2, 0) is 0 Å². The van der Waals surface area contributed by atoms with Gasteiger partial charge in [-0.25, -0.2) is 4.68 Å². The molecule has 6 nitrogen and oxygen atoms in total. The third-order valence-electron chi connectivity index (χ3n) is 3.99. The lowest BCUT2D eigenvalue weighted by atomic mass is 10.2. The molecule has 1 aliphatic heterocycles. The molecule has 0 bridgehead atoms. The minimum Gasteiger partial charge on any atom is -0.349 e. The van der Waals surface area contributed by atoms with Gasteiger partial charge in [-0.05, 0) is 38.4 Å². The second kappa shape index (κ2) is 6.75. The van der Waals surface area contributed by atoms with Gasteiger partial charge in [0.15, 0.2) is 5.69 Å². The molecule has 23 heavy (non-hydrogen) atoms. The molecule has 1 amide bonds. The molecular weight excluding hydrogens is 292 g/mol. The van der Waals surface area contributed by atoms with Crippen LogP contribution in [-0.4, -0.2) is 34.8 Å². The number of hydrogen-bond acceptors (Lipinski definition) is 4. The highest BCUT2D eigenvalue weighted by Gasteiger charge is 2.18. The number of rotatable bonds is 4. The Morgan fingerprint density at radius 3 is 2.87 bits per heavy atom. The topological polar surface area (TPSA) is 76.0 Å². The summed E-state index contributed by atoms with van der Waals surface area (Å²) >= 11 is 0. The average Bonchev–Trinajstić information content (AvgIpc) is 3.07. The summed E-state index contributed by atoms with van der Waals surface area (Å²) in [4.78, 5) is 24.4. The van der Waals surface area contributed by atoms with Gasteiger partial charge in [0.1, 0.15) is 0 Å². The van der Waals surface area contributed by atoms with Gasteiger partial charge in [0.25, 0.3) is 5.91 Å². The number of carbonyl (C=O) groups is 1. The van der Waals surface area contributed by atoms with E-state index >= 15 is 0 Å². The lowest BCUT2D eigenvalue weighted by Crippen LogP contribution is -2.39. The summed E-state index contributed by atoms with van der Waals surface area (Å²) in [6, 6.07) is 11.2. The monoisotopic (exact) mass is 312 g/mol. The van der Waals surface area contributed by atoms with Crippen LogP contribution < -0.4 is 16.1 Å². The van der Waals surface area contributed by atoms with Crippen LogP contribution in [0.1, 0.15) is 29.0 Å². The van der Waals surface area contributed by atoms with Gasteiger partial charge in [-0.2, -0.15) is 5.10 Å². The van der Waals surface area contributed by atoms with Crippen molar-refractivity contribution < 1.29 is 4.79 Å². The third kappa shape index (κ3) is 3.48. The molecule has 0 spiro atoms. The Morgan fingerprint density at radius 1 is 1.39 bits per heavy atom. The van der Waals surface area contributed by atoms with Gasteiger partial charge in [-0.1, -0.05) is 18.2 Å². The predicted octanol–water partition coefficient (Wildman–Crippen LogP) is 1.02. The highest BCUT2D eigenvalue weighted by molar-refractivity contribution is 5.92. The van der Waals surface area contributed by atoms with E-state index in [-0.39, 0.29) is 17.2 Å². The number of carbonyl (C=O) groups excluding carboxylic acids is 1. The van der Waals surface area contributed by atoms with E-state index in [9.17, 15) is 9.59 Å². The number of nitrogens with one attached hydrogen (secondary N) is 2. The molecule has 0 aliphatic carbocycles. The van der Waals surface area contributed by atoms with Crippen LogP contribution in [0, 0.1) is 6.92 Å². The maximum absolute atomic E-state index is 12.3. The first kappa shape index (κ1) is 15.4. The first-order valence-electron chi connectivity index (χ1n) is 7.83. The number of benzene rings is 1. The summed E-state index contributed by atoms with van der Waals surface area (Å²) < 4.78 is 1.62. The van der Waals surface area contributed by atoms with Gasteiger partial charge in [0.2, 0.25) is 5.43 Å². The van der Waals surface area contributed by atoms with Crippen molar-refractivity contribution in [3.63, 3.8) is 0 Å². The second-order valence-corrected chi connectivity index (χ2v) is 5.75. The van der Waals surface area contributed by atoms with Crippen molar-refractivity contribution in [3.05, 3.63) is 58.0 Å². The second-order valence-electron chi connectivity index (χ2n) is 5.75. The summed E-state index contributed by atoms with van der Waals surface area (Å²) in [7, 11) is 0. The number of aromatic nitrogens is 2. The Balaban J connectivity index is 1.84. The Labute approximate surface area is 134 Å². The molecule has 6 heteroatoms. The van der Waals surface area contributed by atoms with E-state index in [0.29, 0.717) is 12.2 Å². The van der Waals surface area contributed by atoms with Crippen molar-refractivity contribution in [2.75, 3.05) is 13.1 Å². The van der Waals surface area contributed by atoms with Crippen LogP contribution in [0.2, 0.25) is 0 Å². The van der Waals surface area contributed by atoms with Crippen LogP contribution in [0.3, 0.4) is 0 Å². The van der Waals surface area contributed by atoms with Crippen molar-refractivity contribution >= 4 is 5.91 Å². The molecular formula is C17H20N4O2. The van der Waals surface area contributed by atoms with Gasteiger partial charge >= 0.3 is 0 Å². The van der Waals surface area contributed by atoms with Crippen LogP contribution in [0.25, 0.3) is 5.69 Å². The molecule has 2 heterocycles. The van der Waals surface area contributed by atoms with E-state index in [0.717, 1.165) is 25.1 Å². The summed E-state index contributed by atoms with van der Waals surface area (Å²) in [5.74, 6) is -0.423. The van der Waals surface area contributed by atoms with Crippen molar-refractivity contribution in [1.29, 1.82) is 0 Å². The quantitative estimate of drug-likeness (QED) is 0.884. The average molecular weight is 312 g/mol. The van der Waals surface area contributed by atoms with E-state index in [4.69, 9.17) is 0 Å². The zero-order valence-corrected chi connectivity index (χ0v) is 13.1. The van der Waals surface area contributed by atoms with E-state index in [1.807, 2.05) is 30.3 Å². The zero-order chi connectivity index (χ0) is 16.2. The molecule has 1 aromatic carbocycles. The van der Waals surface area contributed by atoms with Crippen molar-refractivity contribution in [3.8, 4) is 5.69 Å². The van der Waals surface area contributed by atoms with Crippen LogP contribution >= 0.6 is 0 Å². The fourth-order valence-electron chi connectivity index (χ4n) is 2.77. The van der Waals surface area contributed by atoms with Crippen LogP contribution in [0.4, 0.5) is 0 Å². The lowest BCUT2D eigenvalue weighted by Gasteiger charge is -2.13. The summed E-state index contributed by atoms with van der Waals surface area (Å²) in [5, 5.41) is 10.4. The normalized spacial score (nSPS) is 17.2. The van der Waals surface area contributed by atoms with E-state index in [1.165, 1.54) is 6.07 Å². The molecule has 120 valence electrons. The molecule has 2 aromatic rings. The molecule has 1 saturated heterocycles. The maximum atomic E-state index is 12.3. The molecule has 0 saturated carbocycles. The Morgan fingerprint density at radius 2 is 2.17 bits per heavy atom. The minimum absolute atomic E-state index is 0.0718. The Bertz CT molecular complexity index is 749. The standard InChI is InChI=1S/C17H20N4O2/c1-12-10-15(22)16(17(23)19-11-13-6-5-9-18-13)20-21(12)14-7-3-2-4-8-14/h2-4,7-8,10,13,18H,5-6,9,11H2,1H3,(H,19,23). The van der Waals surface area contributed by atoms with Gasteiger partial charge in [-0.3, -0.25) is 9.59 Å². The fraction of sp³-hybridized carbons (Fsp3) is 0.353. The maximum Gasteiger partial charge on any atom is 0.275 e. The van der Waals surface area contributed by atoms with E-state index in [2.05, 4.69) is 15.7 Å². The van der Waals surface area contributed by atoms with Crippen molar-refractivity contribution in [2.45, 2.75) is 25.8 Å². The fourth-order valence-corrected chi connectivity index (χ4v) is 2.77. The molecule has 0 radical (unpaired) electrons. The largest absolute Gasteiger partial charge is 0.349 e. The smallest absolute Gasteiger partial charge is 0.275 e.